The highest BCUT2D eigenvalue weighted by atomic mass is 16.3. The lowest BCUT2D eigenvalue weighted by atomic mass is 10.1. The van der Waals surface area contributed by atoms with Gasteiger partial charge in [0, 0.05) is 34.9 Å². The van der Waals surface area contributed by atoms with E-state index >= 15 is 0 Å². The number of carbonyl (C=O) groups excluding carboxylic acids is 1. The van der Waals surface area contributed by atoms with E-state index in [0.717, 1.165) is 33.7 Å². The third-order valence-electron chi connectivity index (χ3n) is 4.76. The van der Waals surface area contributed by atoms with Crippen LogP contribution < -0.4 is 5.32 Å². The van der Waals surface area contributed by atoms with Gasteiger partial charge in [0.25, 0.3) is 5.91 Å². The van der Waals surface area contributed by atoms with Gasteiger partial charge in [-0.15, -0.1) is 0 Å². The van der Waals surface area contributed by atoms with Gasteiger partial charge in [-0.25, -0.2) is 0 Å². The largest absolute Gasteiger partial charge is 0.450 e. The van der Waals surface area contributed by atoms with Crippen LogP contribution in [-0.4, -0.2) is 23.7 Å². The lowest BCUT2D eigenvalue weighted by Crippen LogP contribution is -2.33. The molecule has 1 aliphatic rings. The third-order valence-corrected chi connectivity index (χ3v) is 4.76. The third kappa shape index (κ3) is 2.39. The summed E-state index contributed by atoms with van der Waals surface area (Å²) < 4.78 is 5.95. The van der Waals surface area contributed by atoms with E-state index in [1.165, 1.54) is 0 Å². The van der Waals surface area contributed by atoms with Crippen molar-refractivity contribution in [3.63, 3.8) is 0 Å². The van der Waals surface area contributed by atoms with Crippen LogP contribution in [0.15, 0.2) is 53.0 Å². The number of fused-ring (bicyclic) bond motifs is 3. The second-order valence-corrected chi connectivity index (χ2v) is 6.36. The molecule has 0 spiro atoms. The van der Waals surface area contributed by atoms with Crippen LogP contribution in [0.1, 0.15) is 22.5 Å². The monoisotopic (exact) mass is 321 g/mol. The first kappa shape index (κ1) is 15.0. The quantitative estimate of drug-likeness (QED) is 0.725. The lowest BCUT2D eigenvalue weighted by Gasteiger charge is -2.11. The van der Waals surface area contributed by atoms with Gasteiger partial charge in [-0.3, -0.25) is 4.79 Å². The average molecular weight is 321 g/mol. The molecule has 0 saturated heterocycles. The molecule has 2 aromatic carbocycles. The number of aliphatic hydroxyl groups is 1. The SMILES string of the molecule is Cc1c(C(=O)N[C@@H]2C=C[C@H](CO)C2)oc2c1ccc1ccccc12. The van der Waals surface area contributed by atoms with Crippen molar-refractivity contribution < 1.29 is 14.3 Å². The molecule has 0 aliphatic heterocycles. The summed E-state index contributed by atoms with van der Waals surface area (Å²) in [6.45, 7) is 2.02. The van der Waals surface area contributed by atoms with Crippen LogP contribution in [0.2, 0.25) is 0 Å². The maximum atomic E-state index is 12.6. The van der Waals surface area contributed by atoms with Crippen molar-refractivity contribution in [3.8, 4) is 0 Å². The maximum absolute atomic E-state index is 12.6. The molecule has 122 valence electrons. The minimum Gasteiger partial charge on any atom is -0.450 e. The zero-order valence-corrected chi connectivity index (χ0v) is 13.5. The van der Waals surface area contributed by atoms with Gasteiger partial charge in [0.05, 0.1) is 0 Å². The smallest absolute Gasteiger partial charge is 0.287 e. The molecule has 2 N–H and O–H groups in total. The standard InChI is InChI=1S/C20H19NO3/c1-12-16-9-7-14-4-2-3-5-17(14)19(16)24-18(12)20(23)21-15-8-6-13(10-15)11-22/h2-9,13,15,22H,10-11H2,1H3,(H,21,23)/t13-,15+/m0/s1. The fraction of sp³-hybridized carbons (Fsp3) is 0.250. The summed E-state index contributed by atoms with van der Waals surface area (Å²) in [4.78, 5) is 12.6. The van der Waals surface area contributed by atoms with E-state index < -0.39 is 0 Å². The van der Waals surface area contributed by atoms with Crippen LogP contribution in [0.3, 0.4) is 0 Å². The zero-order valence-electron chi connectivity index (χ0n) is 13.5. The topological polar surface area (TPSA) is 62.5 Å². The first-order valence-corrected chi connectivity index (χ1v) is 8.18. The summed E-state index contributed by atoms with van der Waals surface area (Å²) in [5.41, 5.74) is 1.61. The normalized spacial score (nSPS) is 20.1. The van der Waals surface area contributed by atoms with Gasteiger partial charge in [-0.2, -0.15) is 0 Å². The van der Waals surface area contributed by atoms with Gasteiger partial charge in [0.1, 0.15) is 5.58 Å². The van der Waals surface area contributed by atoms with E-state index in [2.05, 4.69) is 5.32 Å². The van der Waals surface area contributed by atoms with E-state index in [4.69, 9.17) is 4.42 Å². The van der Waals surface area contributed by atoms with Crippen LogP contribution in [0, 0.1) is 12.8 Å². The number of amides is 1. The summed E-state index contributed by atoms with van der Waals surface area (Å²) in [7, 11) is 0. The number of carbonyl (C=O) groups is 1. The lowest BCUT2D eigenvalue weighted by molar-refractivity contribution is 0.0914. The van der Waals surface area contributed by atoms with Crippen molar-refractivity contribution in [3.05, 3.63) is 59.9 Å². The number of hydrogen-bond donors (Lipinski definition) is 2. The molecule has 1 aromatic heterocycles. The number of benzene rings is 2. The molecular weight excluding hydrogens is 302 g/mol. The molecule has 4 rings (SSSR count). The van der Waals surface area contributed by atoms with E-state index in [1.807, 2.05) is 55.5 Å². The molecule has 24 heavy (non-hydrogen) atoms. The first-order chi connectivity index (χ1) is 11.7. The van der Waals surface area contributed by atoms with Crippen LogP contribution in [0.25, 0.3) is 21.7 Å². The highest BCUT2D eigenvalue weighted by Gasteiger charge is 2.24. The molecule has 0 bridgehead atoms. The maximum Gasteiger partial charge on any atom is 0.287 e. The molecule has 2 atom stereocenters. The molecule has 0 saturated carbocycles. The number of furan rings is 1. The average Bonchev–Trinajstić information content (AvgIpc) is 3.19. The second kappa shape index (κ2) is 5.80. The van der Waals surface area contributed by atoms with Gasteiger partial charge in [0.2, 0.25) is 0 Å². The van der Waals surface area contributed by atoms with E-state index in [9.17, 15) is 9.90 Å². The molecule has 0 fully saturated rings. The predicted octanol–water partition coefficient (Wildman–Crippen LogP) is 3.56. The van der Waals surface area contributed by atoms with Crippen molar-refractivity contribution in [2.24, 2.45) is 5.92 Å². The molecular formula is C20H19NO3. The molecule has 1 aliphatic carbocycles. The summed E-state index contributed by atoms with van der Waals surface area (Å²) in [5.74, 6) is 0.277. The fourth-order valence-corrected chi connectivity index (χ4v) is 3.42. The van der Waals surface area contributed by atoms with Crippen molar-refractivity contribution in [1.82, 2.24) is 5.32 Å². The Morgan fingerprint density at radius 1 is 1.21 bits per heavy atom. The molecule has 4 nitrogen and oxygen atoms in total. The number of hydrogen-bond acceptors (Lipinski definition) is 3. The summed E-state index contributed by atoms with van der Waals surface area (Å²) >= 11 is 0. The molecule has 0 radical (unpaired) electrons. The van der Waals surface area contributed by atoms with Crippen LogP contribution in [0.5, 0.6) is 0 Å². The van der Waals surface area contributed by atoms with E-state index in [0.29, 0.717) is 5.76 Å². The van der Waals surface area contributed by atoms with Crippen molar-refractivity contribution >= 4 is 27.6 Å². The number of rotatable bonds is 3. The Morgan fingerprint density at radius 3 is 2.83 bits per heavy atom. The molecule has 1 heterocycles. The van der Waals surface area contributed by atoms with Crippen LogP contribution >= 0.6 is 0 Å². The Morgan fingerprint density at radius 2 is 2.04 bits per heavy atom. The van der Waals surface area contributed by atoms with E-state index in [-0.39, 0.29) is 24.5 Å². The molecule has 0 unspecified atom stereocenters. The van der Waals surface area contributed by atoms with Gasteiger partial charge in [-0.05, 0) is 18.7 Å². The summed E-state index contributed by atoms with van der Waals surface area (Å²) in [5, 5.41) is 15.2. The molecule has 3 aromatic rings. The fourth-order valence-electron chi connectivity index (χ4n) is 3.42. The van der Waals surface area contributed by atoms with Crippen LogP contribution in [0.4, 0.5) is 0 Å². The van der Waals surface area contributed by atoms with Crippen molar-refractivity contribution in [1.29, 1.82) is 0 Å². The van der Waals surface area contributed by atoms with E-state index in [1.54, 1.807) is 0 Å². The van der Waals surface area contributed by atoms with Crippen molar-refractivity contribution in [2.75, 3.05) is 6.61 Å². The van der Waals surface area contributed by atoms with Gasteiger partial charge >= 0.3 is 0 Å². The highest BCUT2D eigenvalue weighted by molar-refractivity contribution is 6.08. The Kier molecular flexibility index (Phi) is 3.62. The second-order valence-electron chi connectivity index (χ2n) is 6.36. The zero-order chi connectivity index (χ0) is 16.7. The van der Waals surface area contributed by atoms with Crippen molar-refractivity contribution in [2.45, 2.75) is 19.4 Å². The molecule has 4 heteroatoms. The Balaban J connectivity index is 1.69. The molecule has 1 amide bonds. The Hall–Kier alpha value is -2.59. The highest BCUT2D eigenvalue weighted by Crippen LogP contribution is 2.32. The Bertz CT molecular complexity index is 954. The summed E-state index contributed by atoms with van der Waals surface area (Å²) in [6, 6.07) is 12.0. The summed E-state index contributed by atoms with van der Waals surface area (Å²) in [6.07, 6.45) is 4.61. The minimum absolute atomic E-state index is 0.0565. The van der Waals surface area contributed by atoms with Gasteiger partial charge < -0.3 is 14.8 Å². The predicted molar refractivity (Wildman–Crippen MR) is 94.0 cm³/mol. The van der Waals surface area contributed by atoms with Crippen LogP contribution in [-0.2, 0) is 0 Å². The minimum atomic E-state index is -0.207. The number of aryl methyl sites for hydroxylation is 1. The number of aliphatic hydroxyl groups excluding tert-OH is 1. The van der Waals surface area contributed by atoms with Gasteiger partial charge in [-0.1, -0.05) is 48.6 Å². The van der Waals surface area contributed by atoms with Gasteiger partial charge in [0.15, 0.2) is 5.76 Å². The Labute approximate surface area is 139 Å². The first-order valence-electron chi connectivity index (χ1n) is 8.18. The number of nitrogens with one attached hydrogen (secondary N) is 1.